The number of aromatic amines is 1. The fraction of sp³-hybridized carbons (Fsp3) is 0.421. The summed E-state index contributed by atoms with van der Waals surface area (Å²) in [5, 5.41) is 9.72. The zero-order valence-electron chi connectivity index (χ0n) is 13.9. The first-order valence-electron chi connectivity index (χ1n) is 8.93. The third-order valence-electron chi connectivity index (χ3n) is 5.51. The number of Topliss-reactive ketones (excluding diaryl/α,β-unsaturated/α-hetero) is 1. The lowest BCUT2D eigenvalue weighted by Gasteiger charge is -2.29. The van der Waals surface area contributed by atoms with Gasteiger partial charge in [0.2, 0.25) is 0 Å². The number of pyridine rings is 1. The SMILES string of the molecule is O=C1CC=C2c3ncc4[nH]c(C5CCC(O)CC5)nc4c3C=CN2C1. The number of carbonyl (C=O) groups excluding carboxylic acids is 1. The standard InChI is InChI=1S/C19H20N4O2/c24-12-3-1-11(2-4-12)19-21-15-9-20-18-14(17(15)22-19)7-8-23-10-13(25)5-6-16(18)23/h6-9,11-12,24H,1-5,10H2,(H,21,22). The number of nitrogens with one attached hydrogen (secondary N) is 1. The number of aromatic nitrogens is 3. The van der Waals surface area contributed by atoms with Gasteiger partial charge in [-0.2, -0.15) is 0 Å². The minimum Gasteiger partial charge on any atom is -0.393 e. The highest BCUT2D eigenvalue weighted by atomic mass is 16.3. The molecular weight excluding hydrogens is 316 g/mol. The predicted octanol–water partition coefficient (Wildman–Crippen LogP) is 2.58. The number of H-pyrrole nitrogens is 1. The number of fused-ring (bicyclic) bond motifs is 5. The van der Waals surface area contributed by atoms with Crippen molar-refractivity contribution in [3.63, 3.8) is 0 Å². The molecule has 0 aromatic carbocycles. The summed E-state index contributed by atoms with van der Waals surface area (Å²) < 4.78 is 0. The van der Waals surface area contributed by atoms with Gasteiger partial charge in [0.1, 0.15) is 5.82 Å². The molecule has 1 aliphatic carbocycles. The highest BCUT2D eigenvalue weighted by molar-refractivity contribution is 5.95. The second-order valence-corrected chi connectivity index (χ2v) is 7.19. The maximum atomic E-state index is 11.7. The van der Waals surface area contributed by atoms with E-state index >= 15 is 0 Å². The molecular formula is C19H20N4O2. The van der Waals surface area contributed by atoms with E-state index in [1.165, 1.54) is 0 Å². The van der Waals surface area contributed by atoms with Gasteiger partial charge in [0.25, 0.3) is 0 Å². The minimum atomic E-state index is -0.162. The van der Waals surface area contributed by atoms with Gasteiger partial charge >= 0.3 is 0 Å². The summed E-state index contributed by atoms with van der Waals surface area (Å²) in [4.78, 5) is 26.6. The summed E-state index contributed by atoms with van der Waals surface area (Å²) >= 11 is 0. The topological polar surface area (TPSA) is 82.1 Å². The fourth-order valence-electron chi connectivity index (χ4n) is 4.12. The average Bonchev–Trinajstić information content (AvgIpc) is 3.06. The molecule has 128 valence electrons. The van der Waals surface area contributed by atoms with E-state index < -0.39 is 0 Å². The van der Waals surface area contributed by atoms with Crippen LogP contribution in [0.1, 0.15) is 55.1 Å². The Morgan fingerprint density at radius 1 is 1.24 bits per heavy atom. The third-order valence-corrected chi connectivity index (χ3v) is 5.51. The number of imidazole rings is 1. The molecule has 2 aromatic heterocycles. The molecule has 25 heavy (non-hydrogen) atoms. The molecule has 0 radical (unpaired) electrons. The summed E-state index contributed by atoms with van der Waals surface area (Å²) in [6.45, 7) is 0.414. The van der Waals surface area contributed by atoms with Crippen LogP contribution >= 0.6 is 0 Å². The first-order valence-corrected chi connectivity index (χ1v) is 8.93. The number of rotatable bonds is 1. The Labute approximate surface area is 145 Å². The maximum absolute atomic E-state index is 11.7. The molecule has 0 unspecified atom stereocenters. The number of carbonyl (C=O) groups is 1. The number of aliphatic hydroxyl groups excluding tert-OH is 1. The van der Waals surface area contributed by atoms with Crippen molar-refractivity contribution in [2.45, 2.75) is 44.1 Å². The van der Waals surface area contributed by atoms with Crippen LogP contribution in [-0.4, -0.2) is 43.4 Å². The molecule has 2 aliphatic heterocycles. The van der Waals surface area contributed by atoms with Gasteiger partial charge < -0.3 is 15.0 Å². The predicted molar refractivity (Wildman–Crippen MR) is 94.4 cm³/mol. The number of aliphatic hydroxyl groups is 1. The first kappa shape index (κ1) is 14.8. The summed E-state index contributed by atoms with van der Waals surface area (Å²) in [6.07, 6.45) is 11.7. The monoisotopic (exact) mass is 336 g/mol. The molecule has 0 spiro atoms. The molecule has 6 heteroatoms. The van der Waals surface area contributed by atoms with Gasteiger partial charge in [-0.05, 0) is 31.8 Å². The highest BCUT2D eigenvalue weighted by Crippen LogP contribution is 2.36. The van der Waals surface area contributed by atoms with Crippen LogP contribution in [0.4, 0.5) is 0 Å². The van der Waals surface area contributed by atoms with Crippen LogP contribution in [0.25, 0.3) is 22.8 Å². The van der Waals surface area contributed by atoms with Crippen LogP contribution in [-0.2, 0) is 4.79 Å². The van der Waals surface area contributed by atoms with E-state index in [1.807, 2.05) is 29.4 Å². The van der Waals surface area contributed by atoms with Gasteiger partial charge in [-0.25, -0.2) is 4.98 Å². The lowest BCUT2D eigenvalue weighted by atomic mass is 9.87. The smallest absolute Gasteiger partial charge is 0.156 e. The van der Waals surface area contributed by atoms with E-state index in [4.69, 9.17) is 4.98 Å². The average molecular weight is 336 g/mol. The number of ketones is 1. The Kier molecular flexibility index (Phi) is 3.28. The lowest BCUT2D eigenvalue weighted by Crippen LogP contribution is -2.29. The Balaban J connectivity index is 1.57. The van der Waals surface area contributed by atoms with Crippen molar-refractivity contribution in [3.05, 3.63) is 35.6 Å². The molecule has 1 saturated carbocycles. The molecule has 4 heterocycles. The van der Waals surface area contributed by atoms with E-state index in [0.717, 1.165) is 59.5 Å². The number of allylic oxidation sites excluding steroid dienone is 1. The normalized spacial score (nSPS) is 25.7. The Hall–Kier alpha value is -2.47. The van der Waals surface area contributed by atoms with Gasteiger partial charge in [0.15, 0.2) is 5.78 Å². The number of nitrogens with zero attached hydrogens (tertiary/aromatic N) is 3. The summed E-state index contributed by atoms with van der Waals surface area (Å²) in [5.41, 5.74) is 4.82. The van der Waals surface area contributed by atoms with Crippen LogP contribution in [0.15, 0.2) is 18.5 Å². The van der Waals surface area contributed by atoms with Crippen LogP contribution in [0, 0.1) is 0 Å². The third kappa shape index (κ3) is 2.40. The highest BCUT2D eigenvalue weighted by Gasteiger charge is 2.28. The van der Waals surface area contributed by atoms with Gasteiger partial charge in [-0.15, -0.1) is 0 Å². The molecule has 3 aliphatic rings. The molecule has 0 bridgehead atoms. The van der Waals surface area contributed by atoms with Crippen LogP contribution < -0.4 is 0 Å². The van der Waals surface area contributed by atoms with Crippen LogP contribution in [0.5, 0.6) is 0 Å². The van der Waals surface area contributed by atoms with Gasteiger partial charge in [-0.3, -0.25) is 9.78 Å². The van der Waals surface area contributed by atoms with E-state index in [0.29, 0.717) is 18.9 Å². The molecule has 1 fully saturated rings. The zero-order chi connectivity index (χ0) is 17.0. The van der Waals surface area contributed by atoms with Gasteiger partial charge in [0, 0.05) is 24.1 Å². The van der Waals surface area contributed by atoms with Crippen molar-refractivity contribution < 1.29 is 9.90 Å². The van der Waals surface area contributed by atoms with Crippen molar-refractivity contribution in [1.29, 1.82) is 0 Å². The lowest BCUT2D eigenvalue weighted by molar-refractivity contribution is -0.118. The number of hydrogen-bond donors (Lipinski definition) is 2. The maximum Gasteiger partial charge on any atom is 0.156 e. The molecule has 0 amide bonds. The quantitative estimate of drug-likeness (QED) is 0.836. The Morgan fingerprint density at radius 2 is 2.08 bits per heavy atom. The second-order valence-electron chi connectivity index (χ2n) is 7.19. The summed E-state index contributed by atoms with van der Waals surface area (Å²) in [7, 11) is 0. The van der Waals surface area contributed by atoms with E-state index in [1.54, 1.807) is 0 Å². The van der Waals surface area contributed by atoms with Crippen molar-refractivity contribution in [1.82, 2.24) is 19.9 Å². The van der Waals surface area contributed by atoms with E-state index in [-0.39, 0.29) is 11.9 Å². The van der Waals surface area contributed by atoms with E-state index in [2.05, 4.69) is 9.97 Å². The van der Waals surface area contributed by atoms with Crippen molar-refractivity contribution in [2.24, 2.45) is 0 Å². The zero-order valence-corrected chi connectivity index (χ0v) is 13.9. The summed E-state index contributed by atoms with van der Waals surface area (Å²) in [5.74, 6) is 1.60. The Bertz CT molecular complexity index is 919. The molecule has 0 atom stereocenters. The summed E-state index contributed by atoms with van der Waals surface area (Å²) in [6, 6.07) is 0. The molecule has 6 nitrogen and oxygen atoms in total. The number of hydrogen-bond acceptors (Lipinski definition) is 5. The molecule has 2 aromatic rings. The Morgan fingerprint density at radius 3 is 2.92 bits per heavy atom. The van der Waals surface area contributed by atoms with Crippen molar-refractivity contribution in [3.8, 4) is 0 Å². The van der Waals surface area contributed by atoms with E-state index in [9.17, 15) is 9.90 Å². The van der Waals surface area contributed by atoms with Crippen LogP contribution in [0.3, 0.4) is 0 Å². The second kappa shape index (κ2) is 5.52. The van der Waals surface area contributed by atoms with Crippen molar-refractivity contribution in [2.75, 3.05) is 6.54 Å². The molecule has 0 saturated heterocycles. The van der Waals surface area contributed by atoms with Gasteiger partial charge in [-0.1, -0.05) is 6.08 Å². The van der Waals surface area contributed by atoms with Crippen LogP contribution in [0.2, 0.25) is 0 Å². The molecule has 5 rings (SSSR count). The largest absolute Gasteiger partial charge is 0.393 e. The first-order chi connectivity index (χ1) is 12.2. The minimum absolute atomic E-state index is 0.162. The fourth-order valence-corrected chi connectivity index (χ4v) is 4.12. The van der Waals surface area contributed by atoms with Crippen molar-refractivity contribution >= 4 is 28.6 Å². The van der Waals surface area contributed by atoms with Gasteiger partial charge in [0.05, 0.1) is 41.3 Å². The molecule has 2 N–H and O–H groups in total.